The number of amides is 1. The molecule has 3 rings (SSSR count). The number of quaternary nitrogens is 1. The molecule has 22 heavy (non-hydrogen) atoms. The quantitative estimate of drug-likeness (QED) is 0.902. The normalized spacial score (nSPS) is 25.5. The topological polar surface area (TPSA) is 24.8 Å². The summed E-state index contributed by atoms with van der Waals surface area (Å²) in [6.07, 6.45) is 4.08. The lowest BCUT2D eigenvalue weighted by molar-refractivity contribution is -0.919. The van der Waals surface area contributed by atoms with E-state index in [2.05, 4.69) is 0 Å². The van der Waals surface area contributed by atoms with E-state index >= 15 is 0 Å². The first kappa shape index (κ1) is 15.8. The van der Waals surface area contributed by atoms with Crippen LogP contribution >= 0.6 is 11.6 Å². The zero-order chi connectivity index (χ0) is 15.5. The molecule has 0 spiro atoms. The van der Waals surface area contributed by atoms with Crippen LogP contribution in [0.1, 0.15) is 31.2 Å². The van der Waals surface area contributed by atoms with E-state index in [0.29, 0.717) is 23.0 Å². The van der Waals surface area contributed by atoms with Crippen molar-refractivity contribution in [3.8, 4) is 0 Å². The van der Waals surface area contributed by atoms with Gasteiger partial charge >= 0.3 is 0 Å². The van der Waals surface area contributed by atoms with Gasteiger partial charge in [-0.2, -0.15) is 0 Å². The molecule has 2 heterocycles. The molecule has 0 aromatic heterocycles. The Kier molecular flexibility index (Phi) is 4.99. The van der Waals surface area contributed by atoms with Gasteiger partial charge in [-0.15, -0.1) is 0 Å². The molecule has 1 N–H and O–H groups in total. The number of hydrogen-bond acceptors (Lipinski definition) is 1. The predicted molar refractivity (Wildman–Crippen MR) is 84.3 cm³/mol. The van der Waals surface area contributed by atoms with Crippen molar-refractivity contribution >= 4 is 17.5 Å². The summed E-state index contributed by atoms with van der Waals surface area (Å²) in [5.41, 5.74) is 0.600. The van der Waals surface area contributed by atoms with Crippen LogP contribution in [0.2, 0.25) is 5.02 Å². The summed E-state index contributed by atoms with van der Waals surface area (Å²) in [6.45, 7) is 4.29. The molecule has 2 aliphatic rings. The highest BCUT2D eigenvalue weighted by Crippen LogP contribution is 2.20. The average Bonchev–Trinajstić information content (AvgIpc) is 3.05. The molecule has 1 aromatic carbocycles. The van der Waals surface area contributed by atoms with E-state index in [9.17, 15) is 9.18 Å². The van der Waals surface area contributed by atoms with Crippen molar-refractivity contribution in [2.24, 2.45) is 5.92 Å². The summed E-state index contributed by atoms with van der Waals surface area (Å²) >= 11 is 6.10. The number of hydrogen-bond donors (Lipinski definition) is 1. The van der Waals surface area contributed by atoms with Gasteiger partial charge in [0.1, 0.15) is 12.4 Å². The maximum absolute atomic E-state index is 13.9. The third kappa shape index (κ3) is 3.44. The summed E-state index contributed by atoms with van der Waals surface area (Å²) in [7, 11) is 0. The fraction of sp³-hybridized carbons (Fsp3) is 0.588. The number of nitrogens with one attached hydrogen (secondary N) is 1. The SMILES string of the molecule is O=C(C1CC[NH+](Cc2c(F)cccc2Cl)CC1)N1CCCC1. The van der Waals surface area contributed by atoms with Gasteiger partial charge in [0.05, 0.1) is 23.7 Å². The fourth-order valence-electron chi connectivity index (χ4n) is 3.60. The van der Waals surface area contributed by atoms with Crippen LogP contribution < -0.4 is 4.90 Å². The summed E-state index contributed by atoms with van der Waals surface area (Å²) in [4.78, 5) is 15.7. The van der Waals surface area contributed by atoms with Crippen molar-refractivity contribution in [2.75, 3.05) is 26.2 Å². The van der Waals surface area contributed by atoms with Crippen molar-refractivity contribution < 1.29 is 14.1 Å². The summed E-state index contributed by atoms with van der Waals surface area (Å²) < 4.78 is 13.9. The van der Waals surface area contributed by atoms with Gasteiger partial charge in [0, 0.05) is 31.8 Å². The van der Waals surface area contributed by atoms with Crippen molar-refractivity contribution in [3.05, 3.63) is 34.6 Å². The summed E-state index contributed by atoms with van der Waals surface area (Å²) in [5, 5.41) is 0.503. The van der Waals surface area contributed by atoms with E-state index in [1.807, 2.05) is 4.90 Å². The highest BCUT2D eigenvalue weighted by Gasteiger charge is 2.31. The zero-order valence-electron chi connectivity index (χ0n) is 12.8. The van der Waals surface area contributed by atoms with Gasteiger partial charge in [0.25, 0.3) is 0 Å². The second kappa shape index (κ2) is 6.97. The first-order valence-electron chi connectivity index (χ1n) is 8.20. The maximum atomic E-state index is 13.9. The van der Waals surface area contributed by atoms with E-state index in [1.54, 1.807) is 12.1 Å². The van der Waals surface area contributed by atoms with Gasteiger partial charge < -0.3 is 9.80 Å². The number of benzene rings is 1. The second-order valence-electron chi connectivity index (χ2n) is 6.43. The number of carbonyl (C=O) groups excluding carboxylic acids is 1. The van der Waals surface area contributed by atoms with Gasteiger partial charge in [0.2, 0.25) is 5.91 Å². The molecule has 0 radical (unpaired) electrons. The molecule has 0 unspecified atom stereocenters. The molecular weight excluding hydrogens is 303 g/mol. The van der Waals surface area contributed by atoms with Crippen molar-refractivity contribution in [2.45, 2.75) is 32.2 Å². The minimum absolute atomic E-state index is 0.165. The Morgan fingerprint density at radius 3 is 2.59 bits per heavy atom. The Balaban J connectivity index is 1.54. The van der Waals surface area contributed by atoms with Crippen LogP contribution in [0.25, 0.3) is 0 Å². The standard InChI is InChI=1S/C17H22ClFN2O/c18-15-4-3-5-16(19)14(15)12-20-10-6-13(7-11-20)17(22)21-8-1-2-9-21/h3-5,13H,1-2,6-12H2/p+1. The Morgan fingerprint density at radius 1 is 1.27 bits per heavy atom. The number of halogens is 2. The van der Waals surface area contributed by atoms with E-state index in [1.165, 1.54) is 11.0 Å². The van der Waals surface area contributed by atoms with Crippen LogP contribution in [-0.4, -0.2) is 37.0 Å². The van der Waals surface area contributed by atoms with Gasteiger partial charge in [-0.3, -0.25) is 4.79 Å². The molecule has 120 valence electrons. The van der Waals surface area contributed by atoms with Crippen molar-refractivity contribution in [1.82, 2.24) is 4.90 Å². The van der Waals surface area contributed by atoms with E-state index in [4.69, 9.17) is 11.6 Å². The molecule has 2 fully saturated rings. The molecule has 3 nitrogen and oxygen atoms in total. The lowest BCUT2D eigenvalue weighted by Gasteiger charge is -2.31. The Bertz CT molecular complexity index is 517. The third-order valence-corrected chi connectivity index (χ3v) is 5.30. The number of likely N-dealkylation sites (tertiary alicyclic amines) is 2. The van der Waals surface area contributed by atoms with Gasteiger partial charge in [-0.1, -0.05) is 17.7 Å². The first-order chi connectivity index (χ1) is 10.6. The Hall–Kier alpha value is -1.13. The molecular formula is C17H23ClFN2O+. The van der Waals surface area contributed by atoms with E-state index in [-0.39, 0.29) is 11.7 Å². The molecule has 1 aromatic rings. The lowest BCUT2D eigenvalue weighted by atomic mass is 9.95. The number of nitrogens with zero attached hydrogens (tertiary/aromatic N) is 1. The fourth-order valence-corrected chi connectivity index (χ4v) is 3.83. The molecule has 0 aliphatic carbocycles. The minimum Gasteiger partial charge on any atom is -0.342 e. The van der Waals surface area contributed by atoms with Crippen molar-refractivity contribution in [3.63, 3.8) is 0 Å². The monoisotopic (exact) mass is 325 g/mol. The molecule has 2 saturated heterocycles. The molecule has 5 heteroatoms. The van der Waals surface area contributed by atoms with Gasteiger partial charge in [0.15, 0.2) is 0 Å². The number of piperidine rings is 1. The average molecular weight is 326 g/mol. The molecule has 0 atom stereocenters. The Labute approximate surface area is 136 Å². The lowest BCUT2D eigenvalue weighted by Crippen LogP contribution is -3.11. The minimum atomic E-state index is -0.227. The predicted octanol–water partition coefficient (Wildman–Crippen LogP) is 1.90. The van der Waals surface area contributed by atoms with Crippen LogP contribution in [0.4, 0.5) is 4.39 Å². The highest BCUT2D eigenvalue weighted by atomic mass is 35.5. The largest absolute Gasteiger partial charge is 0.342 e. The smallest absolute Gasteiger partial charge is 0.226 e. The van der Waals surface area contributed by atoms with E-state index in [0.717, 1.165) is 51.9 Å². The summed E-state index contributed by atoms with van der Waals surface area (Å²) in [5.74, 6) is 0.272. The number of carbonyl (C=O) groups is 1. The van der Waals surface area contributed by atoms with Crippen LogP contribution in [0.5, 0.6) is 0 Å². The highest BCUT2D eigenvalue weighted by molar-refractivity contribution is 6.31. The van der Waals surface area contributed by atoms with E-state index < -0.39 is 0 Å². The van der Waals surface area contributed by atoms with Gasteiger partial charge in [-0.05, 0) is 25.0 Å². The van der Waals surface area contributed by atoms with Crippen LogP contribution in [0, 0.1) is 11.7 Å². The molecule has 1 amide bonds. The number of rotatable bonds is 3. The van der Waals surface area contributed by atoms with Crippen molar-refractivity contribution in [1.29, 1.82) is 0 Å². The first-order valence-corrected chi connectivity index (χ1v) is 8.58. The zero-order valence-corrected chi connectivity index (χ0v) is 13.5. The van der Waals surface area contributed by atoms with Gasteiger partial charge in [-0.25, -0.2) is 4.39 Å². The second-order valence-corrected chi connectivity index (χ2v) is 6.84. The molecule has 0 bridgehead atoms. The summed E-state index contributed by atoms with van der Waals surface area (Å²) in [6, 6.07) is 4.84. The maximum Gasteiger partial charge on any atom is 0.226 e. The third-order valence-electron chi connectivity index (χ3n) is 4.95. The van der Waals surface area contributed by atoms with Crippen LogP contribution in [-0.2, 0) is 11.3 Å². The Morgan fingerprint density at radius 2 is 1.95 bits per heavy atom. The van der Waals surface area contributed by atoms with Crippen LogP contribution in [0.15, 0.2) is 18.2 Å². The molecule has 0 saturated carbocycles. The molecule has 2 aliphatic heterocycles. The van der Waals surface area contributed by atoms with Crippen LogP contribution in [0.3, 0.4) is 0 Å².